The Hall–Kier alpha value is -1.36. The van der Waals surface area contributed by atoms with Crippen molar-refractivity contribution in [1.29, 1.82) is 0 Å². The highest BCUT2D eigenvalue weighted by molar-refractivity contribution is 9.10. The van der Waals surface area contributed by atoms with E-state index in [1.165, 1.54) is 0 Å². The minimum Gasteiger partial charge on any atom is -0.370 e. The van der Waals surface area contributed by atoms with Gasteiger partial charge in [-0.25, -0.2) is 0 Å². The Morgan fingerprint density at radius 1 is 1.31 bits per heavy atom. The van der Waals surface area contributed by atoms with E-state index in [0.717, 1.165) is 0 Å². The topological polar surface area (TPSA) is 81.5 Å². The zero-order valence-corrected chi connectivity index (χ0v) is 8.28. The number of aliphatic imine (C=N–C) groups is 1. The van der Waals surface area contributed by atoms with Crippen LogP contribution in [-0.4, -0.2) is 11.9 Å². The van der Waals surface area contributed by atoms with Crippen molar-refractivity contribution in [2.75, 3.05) is 0 Å². The molecule has 68 valence electrons. The lowest BCUT2D eigenvalue weighted by Crippen LogP contribution is -2.24. The van der Waals surface area contributed by atoms with Gasteiger partial charge in [0.25, 0.3) is 5.91 Å². The van der Waals surface area contributed by atoms with Crippen LogP contribution in [0.5, 0.6) is 0 Å². The highest BCUT2D eigenvalue weighted by Gasteiger charge is 2.07. The van der Waals surface area contributed by atoms with E-state index in [4.69, 9.17) is 11.5 Å². The van der Waals surface area contributed by atoms with Crippen LogP contribution >= 0.6 is 15.9 Å². The number of rotatable bonds is 1. The number of halogens is 1. The summed E-state index contributed by atoms with van der Waals surface area (Å²) in [6.07, 6.45) is 0. The summed E-state index contributed by atoms with van der Waals surface area (Å²) in [5.41, 5.74) is 10.6. The standard InChI is InChI=1S/C8H8BrN3O/c9-6-4-2-1-3-5(6)7(13)12-8(10)11/h1-4H,(H4,10,11,12,13). The Morgan fingerprint density at radius 2 is 1.92 bits per heavy atom. The molecule has 0 aliphatic heterocycles. The summed E-state index contributed by atoms with van der Waals surface area (Å²) in [5.74, 6) is -0.687. The summed E-state index contributed by atoms with van der Waals surface area (Å²) in [7, 11) is 0. The van der Waals surface area contributed by atoms with Crippen molar-refractivity contribution in [3.63, 3.8) is 0 Å². The molecule has 0 bridgehead atoms. The average molecular weight is 242 g/mol. The predicted molar refractivity (Wildman–Crippen MR) is 54.3 cm³/mol. The number of carbonyl (C=O) groups excluding carboxylic acids is 1. The Kier molecular flexibility index (Phi) is 3.02. The molecule has 0 aliphatic carbocycles. The van der Waals surface area contributed by atoms with Gasteiger partial charge in [0.05, 0.1) is 5.56 Å². The third-order valence-electron chi connectivity index (χ3n) is 1.33. The van der Waals surface area contributed by atoms with Crippen LogP contribution in [0, 0.1) is 0 Å². The Morgan fingerprint density at radius 3 is 2.46 bits per heavy atom. The van der Waals surface area contributed by atoms with Crippen molar-refractivity contribution >= 4 is 27.8 Å². The van der Waals surface area contributed by atoms with Crippen LogP contribution in [0.15, 0.2) is 33.7 Å². The number of hydrogen-bond donors (Lipinski definition) is 2. The highest BCUT2D eigenvalue weighted by atomic mass is 79.9. The molecule has 0 unspecified atom stereocenters. The zero-order chi connectivity index (χ0) is 9.84. The third-order valence-corrected chi connectivity index (χ3v) is 2.03. The molecule has 5 heteroatoms. The molecule has 13 heavy (non-hydrogen) atoms. The van der Waals surface area contributed by atoms with Crippen molar-refractivity contribution in [3.05, 3.63) is 34.3 Å². The summed E-state index contributed by atoms with van der Waals surface area (Å²) < 4.78 is 0.671. The molecule has 1 rings (SSSR count). The lowest BCUT2D eigenvalue weighted by molar-refractivity contribution is 0.100. The number of carbonyl (C=O) groups is 1. The lowest BCUT2D eigenvalue weighted by atomic mass is 10.2. The van der Waals surface area contributed by atoms with E-state index >= 15 is 0 Å². The summed E-state index contributed by atoms with van der Waals surface area (Å²) >= 11 is 3.22. The van der Waals surface area contributed by atoms with Gasteiger partial charge in [0.1, 0.15) is 0 Å². The summed E-state index contributed by atoms with van der Waals surface area (Å²) in [5, 5.41) is 0. The van der Waals surface area contributed by atoms with Crippen LogP contribution in [-0.2, 0) is 0 Å². The lowest BCUT2D eigenvalue weighted by Gasteiger charge is -1.98. The fraction of sp³-hybridized carbons (Fsp3) is 0. The first-order valence-electron chi connectivity index (χ1n) is 3.50. The molecule has 0 fully saturated rings. The first-order chi connectivity index (χ1) is 6.11. The van der Waals surface area contributed by atoms with Gasteiger partial charge in [0, 0.05) is 4.47 Å². The molecule has 0 spiro atoms. The monoisotopic (exact) mass is 241 g/mol. The van der Waals surface area contributed by atoms with Gasteiger partial charge in [-0.05, 0) is 28.1 Å². The quantitative estimate of drug-likeness (QED) is 0.566. The average Bonchev–Trinajstić information content (AvgIpc) is 2.03. The normalized spacial score (nSPS) is 9.31. The molecule has 0 radical (unpaired) electrons. The largest absolute Gasteiger partial charge is 0.370 e. The van der Waals surface area contributed by atoms with Crippen molar-refractivity contribution < 1.29 is 4.79 Å². The van der Waals surface area contributed by atoms with Crippen LogP contribution in [0.4, 0.5) is 0 Å². The van der Waals surface area contributed by atoms with Gasteiger partial charge in [-0.15, -0.1) is 0 Å². The minimum atomic E-state index is -0.451. The van der Waals surface area contributed by atoms with Gasteiger partial charge in [-0.2, -0.15) is 4.99 Å². The zero-order valence-electron chi connectivity index (χ0n) is 6.70. The fourth-order valence-electron chi connectivity index (χ4n) is 0.812. The second kappa shape index (κ2) is 4.04. The van der Waals surface area contributed by atoms with Gasteiger partial charge < -0.3 is 11.5 Å². The minimum absolute atomic E-state index is 0.235. The van der Waals surface area contributed by atoms with Crippen molar-refractivity contribution in [3.8, 4) is 0 Å². The molecular formula is C8H8BrN3O. The number of nitrogens with zero attached hydrogens (tertiary/aromatic N) is 1. The number of hydrogen-bond acceptors (Lipinski definition) is 1. The maximum atomic E-state index is 11.3. The highest BCUT2D eigenvalue weighted by Crippen LogP contribution is 2.16. The smallest absolute Gasteiger partial charge is 0.281 e. The van der Waals surface area contributed by atoms with E-state index in [2.05, 4.69) is 20.9 Å². The molecule has 1 aromatic carbocycles. The first kappa shape index (κ1) is 9.73. The predicted octanol–water partition coefficient (Wildman–Crippen LogP) is 0.863. The molecule has 1 aromatic rings. The summed E-state index contributed by atoms with van der Waals surface area (Å²) in [4.78, 5) is 14.7. The molecule has 0 saturated carbocycles. The molecule has 0 aromatic heterocycles. The van der Waals surface area contributed by atoms with E-state index in [1.807, 2.05) is 0 Å². The number of nitrogens with two attached hydrogens (primary N) is 2. The van der Waals surface area contributed by atoms with Gasteiger partial charge in [-0.1, -0.05) is 12.1 Å². The van der Waals surface area contributed by atoms with Crippen molar-refractivity contribution in [2.45, 2.75) is 0 Å². The maximum Gasteiger partial charge on any atom is 0.281 e. The maximum absolute atomic E-state index is 11.3. The van der Waals surface area contributed by atoms with E-state index in [1.54, 1.807) is 24.3 Å². The van der Waals surface area contributed by atoms with Gasteiger partial charge in [0.15, 0.2) is 5.96 Å². The number of benzene rings is 1. The van der Waals surface area contributed by atoms with Crippen LogP contribution in [0.2, 0.25) is 0 Å². The molecule has 0 aliphatic rings. The van der Waals surface area contributed by atoms with Crippen LogP contribution in [0.1, 0.15) is 10.4 Å². The number of guanidine groups is 1. The van der Waals surface area contributed by atoms with Crippen LogP contribution in [0.3, 0.4) is 0 Å². The van der Waals surface area contributed by atoms with E-state index in [0.29, 0.717) is 10.0 Å². The molecule has 1 amide bonds. The molecule has 0 heterocycles. The second-order valence-corrected chi connectivity index (χ2v) is 3.18. The van der Waals surface area contributed by atoms with Crippen molar-refractivity contribution in [1.82, 2.24) is 0 Å². The van der Waals surface area contributed by atoms with E-state index in [-0.39, 0.29) is 5.96 Å². The van der Waals surface area contributed by atoms with Gasteiger partial charge >= 0.3 is 0 Å². The Labute approximate surface area is 83.8 Å². The molecule has 4 N–H and O–H groups in total. The number of amides is 1. The van der Waals surface area contributed by atoms with Gasteiger partial charge in [0.2, 0.25) is 0 Å². The SMILES string of the molecule is NC(N)=NC(=O)c1ccccc1Br. The van der Waals surface area contributed by atoms with Crippen molar-refractivity contribution in [2.24, 2.45) is 16.5 Å². The van der Waals surface area contributed by atoms with Crippen LogP contribution in [0.25, 0.3) is 0 Å². The Bertz CT molecular complexity index is 358. The fourth-order valence-corrected chi connectivity index (χ4v) is 1.27. The van der Waals surface area contributed by atoms with Gasteiger partial charge in [-0.3, -0.25) is 4.79 Å². The van der Waals surface area contributed by atoms with E-state index in [9.17, 15) is 4.79 Å². The van der Waals surface area contributed by atoms with Crippen LogP contribution < -0.4 is 11.5 Å². The van der Waals surface area contributed by atoms with E-state index < -0.39 is 5.91 Å². The summed E-state index contributed by atoms with van der Waals surface area (Å²) in [6.45, 7) is 0. The molecular weight excluding hydrogens is 234 g/mol. The summed E-state index contributed by atoms with van der Waals surface area (Å²) in [6, 6.07) is 6.92. The second-order valence-electron chi connectivity index (χ2n) is 2.32. The molecule has 4 nitrogen and oxygen atoms in total. The molecule has 0 saturated heterocycles. The Balaban J connectivity index is 3.03. The third kappa shape index (κ3) is 2.55. The first-order valence-corrected chi connectivity index (χ1v) is 4.29. The molecule has 0 atom stereocenters.